The zero-order chi connectivity index (χ0) is 16.7. The number of hydrogen-bond donors (Lipinski definition) is 1. The molecule has 0 aliphatic carbocycles. The normalized spacial score (nSPS) is 12.6. The van der Waals surface area contributed by atoms with Gasteiger partial charge in [0.15, 0.2) is 16.6 Å². The highest BCUT2D eigenvalue weighted by atomic mass is 32.1. The van der Waals surface area contributed by atoms with Crippen molar-refractivity contribution in [3.63, 3.8) is 0 Å². The number of aromatic nitrogens is 1. The van der Waals surface area contributed by atoms with Gasteiger partial charge in [0, 0.05) is 0 Å². The molecule has 0 radical (unpaired) electrons. The Bertz CT molecular complexity index is 910. The Morgan fingerprint density at radius 2 is 1.96 bits per heavy atom. The number of benzene rings is 2. The van der Waals surface area contributed by atoms with E-state index in [0.29, 0.717) is 10.9 Å². The number of ether oxygens (including phenoxy) is 2. The van der Waals surface area contributed by atoms with Gasteiger partial charge in [-0.05, 0) is 42.7 Å². The van der Waals surface area contributed by atoms with E-state index in [1.165, 1.54) is 16.9 Å². The van der Waals surface area contributed by atoms with Gasteiger partial charge in [-0.2, -0.15) is 0 Å². The second-order valence-corrected chi connectivity index (χ2v) is 6.81. The summed E-state index contributed by atoms with van der Waals surface area (Å²) in [5, 5.41) is 3.53. The van der Waals surface area contributed by atoms with Gasteiger partial charge in [-0.3, -0.25) is 4.79 Å². The smallest absolute Gasteiger partial charge is 0.231 e. The van der Waals surface area contributed by atoms with E-state index in [-0.39, 0.29) is 19.1 Å². The predicted molar refractivity (Wildman–Crippen MR) is 94.0 cm³/mol. The van der Waals surface area contributed by atoms with Gasteiger partial charge in [0.05, 0.1) is 16.6 Å². The topological polar surface area (TPSA) is 60.5 Å². The first-order chi connectivity index (χ1) is 11.6. The molecule has 0 saturated carbocycles. The van der Waals surface area contributed by atoms with Crippen molar-refractivity contribution in [3.8, 4) is 11.5 Å². The van der Waals surface area contributed by atoms with Crippen molar-refractivity contribution in [1.82, 2.24) is 4.98 Å². The van der Waals surface area contributed by atoms with Crippen LogP contribution in [0.2, 0.25) is 0 Å². The molecule has 5 nitrogen and oxygen atoms in total. The third-order valence-corrected chi connectivity index (χ3v) is 5.10. The lowest BCUT2D eigenvalue weighted by molar-refractivity contribution is -0.115. The highest BCUT2D eigenvalue weighted by molar-refractivity contribution is 7.22. The molecule has 4 rings (SSSR count). The monoisotopic (exact) mass is 340 g/mol. The summed E-state index contributed by atoms with van der Waals surface area (Å²) < 4.78 is 11.7. The van der Waals surface area contributed by atoms with E-state index in [2.05, 4.69) is 29.4 Å². The van der Waals surface area contributed by atoms with Crippen LogP contribution in [0, 0.1) is 13.8 Å². The molecule has 24 heavy (non-hydrogen) atoms. The standard InChI is InChI=1S/C18H16N2O3S/c1-10-3-4-11(2)17-16(10)20-18(24-17)19-15(21)8-12-5-6-13-14(7-12)23-9-22-13/h3-7H,8-9H2,1-2H3,(H,19,20,21). The molecule has 0 spiro atoms. The molecule has 1 N–H and O–H groups in total. The minimum absolute atomic E-state index is 0.0942. The zero-order valence-electron chi connectivity index (χ0n) is 13.4. The summed E-state index contributed by atoms with van der Waals surface area (Å²) >= 11 is 1.51. The number of aryl methyl sites for hydroxylation is 2. The summed E-state index contributed by atoms with van der Waals surface area (Å²) in [5.41, 5.74) is 4.12. The van der Waals surface area contributed by atoms with E-state index in [1.807, 2.05) is 25.1 Å². The summed E-state index contributed by atoms with van der Waals surface area (Å²) in [6.07, 6.45) is 0.268. The predicted octanol–water partition coefficient (Wildman–Crippen LogP) is 3.82. The number of fused-ring (bicyclic) bond motifs is 2. The van der Waals surface area contributed by atoms with Crippen LogP contribution in [0.3, 0.4) is 0 Å². The third-order valence-electron chi connectivity index (χ3n) is 3.99. The molecule has 0 fully saturated rings. The van der Waals surface area contributed by atoms with Crippen LogP contribution in [0.5, 0.6) is 11.5 Å². The largest absolute Gasteiger partial charge is 0.454 e. The van der Waals surface area contributed by atoms with E-state index < -0.39 is 0 Å². The van der Waals surface area contributed by atoms with Gasteiger partial charge in [-0.15, -0.1) is 0 Å². The van der Waals surface area contributed by atoms with Gasteiger partial charge in [0.25, 0.3) is 0 Å². The Morgan fingerprint density at radius 3 is 2.79 bits per heavy atom. The first-order valence-electron chi connectivity index (χ1n) is 7.65. The number of carbonyl (C=O) groups is 1. The van der Waals surface area contributed by atoms with Crippen molar-refractivity contribution < 1.29 is 14.3 Å². The van der Waals surface area contributed by atoms with Crippen molar-refractivity contribution in [2.45, 2.75) is 20.3 Å². The number of amides is 1. The summed E-state index contributed by atoms with van der Waals surface area (Å²) in [7, 11) is 0. The van der Waals surface area contributed by atoms with Crippen LogP contribution in [-0.4, -0.2) is 17.7 Å². The molecular weight excluding hydrogens is 324 g/mol. The quantitative estimate of drug-likeness (QED) is 0.787. The maximum absolute atomic E-state index is 12.3. The second-order valence-electron chi connectivity index (χ2n) is 5.81. The Labute approximate surface area is 143 Å². The molecular formula is C18H16N2O3S. The number of anilines is 1. The van der Waals surface area contributed by atoms with Crippen LogP contribution in [0.25, 0.3) is 10.2 Å². The average molecular weight is 340 g/mol. The maximum Gasteiger partial charge on any atom is 0.231 e. The summed E-state index contributed by atoms with van der Waals surface area (Å²) in [5.74, 6) is 1.31. The minimum Gasteiger partial charge on any atom is -0.454 e. The molecule has 0 bridgehead atoms. The molecule has 3 aromatic rings. The molecule has 0 saturated heterocycles. The number of rotatable bonds is 3. The van der Waals surface area contributed by atoms with Gasteiger partial charge in [-0.1, -0.05) is 29.5 Å². The number of hydrogen-bond acceptors (Lipinski definition) is 5. The average Bonchev–Trinajstić information content (AvgIpc) is 3.17. The van der Waals surface area contributed by atoms with Crippen LogP contribution in [-0.2, 0) is 11.2 Å². The summed E-state index contributed by atoms with van der Waals surface area (Å²) in [6, 6.07) is 9.67. The molecule has 6 heteroatoms. The summed E-state index contributed by atoms with van der Waals surface area (Å²) in [6.45, 7) is 4.31. The molecule has 1 amide bonds. The van der Waals surface area contributed by atoms with Crippen molar-refractivity contribution in [2.24, 2.45) is 0 Å². The van der Waals surface area contributed by atoms with E-state index >= 15 is 0 Å². The lowest BCUT2D eigenvalue weighted by atomic mass is 10.1. The Hall–Kier alpha value is -2.60. The number of carbonyl (C=O) groups excluding carboxylic acids is 1. The second kappa shape index (κ2) is 5.79. The third kappa shape index (κ3) is 2.69. The lowest BCUT2D eigenvalue weighted by Gasteiger charge is -2.03. The minimum atomic E-state index is -0.0942. The van der Waals surface area contributed by atoms with E-state index in [9.17, 15) is 4.79 Å². The molecule has 0 unspecified atom stereocenters. The van der Waals surface area contributed by atoms with Crippen LogP contribution < -0.4 is 14.8 Å². The lowest BCUT2D eigenvalue weighted by Crippen LogP contribution is -2.14. The van der Waals surface area contributed by atoms with E-state index in [1.54, 1.807) is 0 Å². The first-order valence-corrected chi connectivity index (χ1v) is 8.47. The van der Waals surface area contributed by atoms with Crippen LogP contribution in [0.4, 0.5) is 5.13 Å². The Kier molecular flexibility index (Phi) is 3.61. The van der Waals surface area contributed by atoms with E-state index in [0.717, 1.165) is 27.1 Å². The van der Waals surface area contributed by atoms with Crippen molar-refractivity contribution in [3.05, 3.63) is 47.0 Å². The Balaban J connectivity index is 1.52. The summed E-state index contributed by atoms with van der Waals surface area (Å²) in [4.78, 5) is 16.9. The highest BCUT2D eigenvalue weighted by Crippen LogP contribution is 2.33. The molecule has 1 aliphatic heterocycles. The van der Waals surface area contributed by atoms with Gasteiger partial charge in [-0.25, -0.2) is 4.98 Å². The van der Waals surface area contributed by atoms with Crippen LogP contribution in [0.1, 0.15) is 16.7 Å². The molecule has 1 aliphatic rings. The van der Waals surface area contributed by atoms with Crippen LogP contribution >= 0.6 is 11.3 Å². The molecule has 0 atom stereocenters. The van der Waals surface area contributed by atoms with Gasteiger partial charge in [0.2, 0.25) is 12.7 Å². The van der Waals surface area contributed by atoms with E-state index in [4.69, 9.17) is 9.47 Å². The van der Waals surface area contributed by atoms with Crippen molar-refractivity contribution in [2.75, 3.05) is 12.1 Å². The zero-order valence-corrected chi connectivity index (χ0v) is 14.2. The SMILES string of the molecule is Cc1ccc(C)c2sc(NC(=O)Cc3ccc4c(c3)OCO4)nc12. The van der Waals surface area contributed by atoms with Gasteiger partial charge in [0.1, 0.15) is 0 Å². The fourth-order valence-corrected chi connectivity index (χ4v) is 3.74. The first kappa shape index (κ1) is 15.0. The molecule has 122 valence electrons. The number of nitrogens with one attached hydrogen (secondary N) is 1. The van der Waals surface area contributed by atoms with Crippen LogP contribution in [0.15, 0.2) is 30.3 Å². The highest BCUT2D eigenvalue weighted by Gasteiger charge is 2.15. The van der Waals surface area contributed by atoms with Crippen molar-refractivity contribution in [1.29, 1.82) is 0 Å². The fraction of sp³-hybridized carbons (Fsp3) is 0.222. The van der Waals surface area contributed by atoms with Gasteiger partial charge < -0.3 is 14.8 Å². The fourth-order valence-electron chi connectivity index (χ4n) is 2.71. The molecule has 1 aromatic heterocycles. The van der Waals surface area contributed by atoms with Crippen molar-refractivity contribution >= 4 is 32.6 Å². The molecule has 2 aromatic carbocycles. The maximum atomic E-state index is 12.3. The van der Waals surface area contributed by atoms with Gasteiger partial charge >= 0.3 is 0 Å². The number of nitrogens with zero attached hydrogens (tertiary/aromatic N) is 1. The number of thiazole rings is 1. The Morgan fingerprint density at radius 1 is 1.17 bits per heavy atom. The molecule has 2 heterocycles.